The first kappa shape index (κ1) is 7.34. The number of nitrogens with zero attached hydrogens (tertiary/aromatic N) is 1. The van der Waals surface area contributed by atoms with Crippen LogP contribution in [0.15, 0.2) is 0 Å². The molecule has 0 radical (unpaired) electrons. The third kappa shape index (κ3) is 0.775. The van der Waals surface area contributed by atoms with E-state index in [0.717, 1.165) is 12.6 Å². The summed E-state index contributed by atoms with van der Waals surface area (Å²) >= 11 is 0. The van der Waals surface area contributed by atoms with E-state index in [9.17, 15) is 0 Å². The number of hydrogen-bond acceptors (Lipinski definition) is 2. The fourth-order valence-electron chi connectivity index (χ4n) is 3.45. The molecule has 0 N–H and O–H groups in total. The molecule has 3 saturated heterocycles. The molecular formula is C10H17NO. The summed E-state index contributed by atoms with van der Waals surface area (Å²) in [5, 5.41) is 0. The lowest BCUT2D eigenvalue weighted by atomic mass is 9.96. The van der Waals surface area contributed by atoms with Gasteiger partial charge >= 0.3 is 0 Å². The maximum Gasteiger partial charge on any atom is 0.0748 e. The lowest BCUT2D eigenvalue weighted by Crippen LogP contribution is -2.39. The molecule has 3 aliphatic heterocycles. The summed E-state index contributed by atoms with van der Waals surface area (Å²) in [5.41, 5.74) is 0.510. The second-order valence-corrected chi connectivity index (χ2v) is 4.76. The Balaban J connectivity index is 1.90. The van der Waals surface area contributed by atoms with Crippen LogP contribution < -0.4 is 0 Å². The number of hydrogen-bond donors (Lipinski definition) is 0. The maximum atomic E-state index is 5.74. The van der Waals surface area contributed by atoms with Crippen molar-refractivity contribution in [2.45, 2.75) is 50.3 Å². The molecule has 3 rings (SSSR count). The van der Waals surface area contributed by atoms with E-state index in [2.05, 4.69) is 11.8 Å². The molecule has 3 heterocycles. The van der Waals surface area contributed by atoms with Gasteiger partial charge in [-0.25, -0.2) is 0 Å². The van der Waals surface area contributed by atoms with Crippen LogP contribution in [-0.2, 0) is 4.74 Å². The Morgan fingerprint density at radius 3 is 3.33 bits per heavy atom. The Morgan fingerprint density at radius 2 is 2.42 bits per heavy atom. The zero-order chi connectivity index (χ0) is 8.18. The lowest BCUT2D eigenvalue weighted by molar-refractivity contribution is 0.103. The van der Waals surface area contributed by atoms with E-state index >= 15 is 0 Å². The monoisotopic (exact) mass is 167 g/mol. The Hall–Kier alpha value is -0.0800. The van der Waals surface area contributed by atoms with Crippen molar-refractivity contribution in [3.05, 3.63) is 0 Å². The summed E-state index contributed by atoms with van der Waals surface area (Å²) in [6, 6.07) is 0.775. The van der Waals surface area contributed by atoms with E-state index in [1.54, 1.807) is 0 Å². The maximum absolute atomic E-state index is 5.74. The van der Waals surface area contributed by atoms with Crippen LogP contribution in [0.25, 0.3) is 0 Å². The Labute approximate surface area is 73.9 Å². The van der Waals surface area contributed by atoms with Crippen molar-refractivity contribution in [1.82, 2.24) is 4.90 Å². The van der Waals surface area contributed by atoms with Crippen LogP contribution >= 0.6 is 0 Å². The zero-order valence-electron chi connectivity index (χ0n) is 7.75. The van der Waals surface area contributed by atoms with Gasteiger partial charge in [0.1, 0.15) is 0 Å². The normalized spacial score (nSPS) is 52.8. The molecule has 2 nitrogen and oxygen atoms in total. The molecule has 0 aromatic carbocycles. The van der Waals surface area contributed by atoms with Crippen molar-refractivity contribution < 1.29 is 4.74 Å². The first-order valence-corrected chi connectivity index (χ1v) is 5.18. The second kappa shape index (κ2) is 2.24. The second-order valence-electron chi connectivity index (χ2n) is 4.76. The van der Waals surface area contributed by atoms with Crippen molar-refractivity contribution in [3.8, 4) is 0 Å². The van der Waals surface area contributed by atoms with E-state index in [1.165, 1.54) is 32.2 Å². The number of rotatable bonds is 0. The fraction of sp³-hybridized carbons (Fsp3) is 1.00. The molecule has 0 spiro atoms. The van der Waals surface area contributed by atoms with Crippen LogP contribution in [0.4, 0.5) is 0 Å². The average Bonchev–Trinajstić information content (AvgIpc) is 2.57. The summed E-state index contributed by atoms with van der Waals surface area (Å²) in [6.45, 7) is 4.74. The van der Waals surface area contributed by atoms with Gasteiger partial charge in [0.15, 0.2) is 0 Å². The molecule has 3 atom stereocenters. The van der Waals surface area contributed by atoms with Crippen molar-refractivity contribution in [1.29, 1.82) is 0 Å². The van der Waals surface area contributed by atoms with Gasteiger partial charge in [-0.2, -0.15) is 0 Å². The molecule has 12 heavy (non-hydrogen) atoms. The third-order valence-corrected chi connectivity index (χ3v) is 4.02. The van der Waals surface area contributed by atoms with Crippen LogP contribution in [-0.4, -0.2) is 35.7 Å². The summed E-state index contributed by atoms with van der Waals surface area (Å²) < 4.78 is 5.74. The molecule has 68 valence electrons. The zero-order valence-corrected chi connectivity index (χ0v) is 7.75. The number of fused-ring (bicyclic) bond motifs is 3. The highest BCUT2D eigenvalue weighted by atomic mass is 16.5. The van der Waals surface area contributed by atoms with Crippen molar-refractivity contribution in [2.24, 2.45) is 0 Å². The highest BCUT2D eigenvalue weighted by Gasteiger charge is 2.53. The van der Waals surface area contributed by atoms with Gasteiger partial charge in [0.2, 0.25) is 0 Å². The van der Waals surface area contributed by atoms with Crippen LogP contribution in [0.3, 0.4) is 0 Å². The molecule has 3 fully saturated rings. The van der Waals surface area contributed by atoms with Gasteiger partial charge < -0.3 is 4.74 Å². The van der Waals surface area contributed by atoms with E-state index in [0.29, 0.717) is 11.6 Å². The minimum absolute atomic E-state index is 0.510. The molecular weight excluding hydrogens is 150 g/mol. The van der Waals surface area contributed by atoms with Crippen molar-refractivity contribution in [2.75, 3.05) is 13.2 Å². The van der Waals surface area contributed by atoms with E-state index in [-0.39, 0.29) is 0 Å². The molecule has 3 aliphatic rings. The van der Waals surface area contributed by atoms with Gasteiger partial charge in [-0.15, -0.1) is 0 Å². The average molecular weight is 167 g/mol. The summed E-state index contributed by atoms with van der Waals surface area (Å²) in [6.07, 6.45) is 5.94. The van der Waals surface area contributed by atoms with Crippen LogP contribution in [0, 0.1) is 0 Å². The predicted molar refractivity (Wildman–Crippen MR) is 47.1 cm³/mol. The first-order valence-electron chi connectivity index (χ1n) is 5.18. The minimum Gasteiger partial charge on any atom is -0.376 e. The Kier molecular flexibility index (Phi) is 1.37. The van der Waals surface area contributed by atoms with Crippen LogP contribution in [0.1, 0.15) is 32.6 Å². The Bertz CT molecular complexity index is 206. The summed E-state index contributed by atoms with van der Waals surface area (Å²) in [7, 11) is 0. The molecule has 0 saturated carbocycles. The van der Waals surface area contributed by atoms with E-state index < -0.39 is 0 Å². The van der Waals surface area contributed by atoms with Gasteiger partial charge in [-0.1, -0.05) is 0 Å². The molecule has 0 amide bonds. The topological polar surface area (TPSA) is 12.5 Å². The summed E-state index contributed by atoms with van der Waals surface area (Å²) in [4.78, 5) is 2.71. The van der Waals surface area contributed by atoms with E-state index in [1.807, 2.05) is 0 Å². The van der Waals surface area contributed by atoms with Crippen LogP contribution in [0.5, 0.6) is 0 Å². The SMILES string of the molecule is C[C@]12CCCN1[C@@H]1CCO[C@@H]1C2. The van der Waals surface area contributed by atoms with Gasteiger partial charge in [-0.05, 0) is 39.2 Å². The first-order chi connectivity index (χ1) is 5.80. The molecule has 0 aromatic rings. The molecule has 0 aliphatic carbocycles. The van der Waals surface area contributed by atoms with Gasteiger partial charge in [0, 0.05) is 18.2 Å². The molecule has 0 unspecified atom stereocenters. The number of ether oxygens (including phenoxy) is 1. The van der Waals surface area contributed by atoms with Gasteiger partial charge in [0.25, 0.3) is 0 Å². The van der Waals surface area contributed by atoms with Crippen molar-refractivity contribution >= 4 is 0 Å². The largest absolute Gasteiger partial charge is 0.376 e. The van der Waals surface area contributed by atoms with E-state index in [4.69, 9.17) is 4.74 Å². The third-order valence-electron chi connectivity index (χ3n) is 4.02. The molecule has 2 heteroatoms. The molecule has 0 aromatic heterocycles. The van der Waals surface area contributed by atoms with Crippen LogP contribution in [0.2, 0.25) is 0 Å². The summed E-state index contributed by atoms with van der Waals surface area (Å²) in [5.74, 6) is 0. The van der Waals surface area contributed by atoms with Gasteiger partial charge in [0.05, 0.1) is 6.10 Å². The highest BCUT2D eigenvalue weighted by Crippen LogP contribution is 2.46. The minimum atomic E-state index is 0.510. The Morgan fingerprint density at radius 1 is 1.50 bits per heavy atom. The lowest BCUT2D eigenvalue weighted by Gasteiger charge is -2.30. The predicted octanol–water partition coefficient (Wildman–Crippen LogP) is 1.40. The molecule has 0 bridgehead atoms. The fourth-order valence-corrected chi connectivity index (χ4v) is 3.45. The smallest absolute Gasteiger partial charge is 0.0748 e. The highest BCUT2D eigenvalue weighted by molar-refractivity contribution is 5.07. The van der Waals surface area contributed by atoms with Crippen molar-refractivity contribution in [3.63, 3.8) is 0 Å². The quantitative estimate of drug-likeness (QED) is 0.541. The van der Waals surface area contributed by atoms with Gasteiger partial charge in [-0.3, -0.25) is 4.90 Å². The standard InChI is InChI=1S/C10H17NO/c1-10-4-2-5-11(10)8-3-6-12-9(8)7-10/h8-9H,2-7H2,1H3/t8-,9-,10-/m1/s1.